The predicted molar refractivity (Wildman–Crippen MR) is 99.4 cm³/mol. The van der Waals surface area contributed by atoms with Crippen LogP contribution in [0.15, 0.2) is 36.2 Å². The highest BCUT2D eigenvalue weighted by atomic mass is 16.6. The fraction of sp³-hybridized carbons (Fsp3) is 0.632. The smallest absolute Gasteiger partial charge is 0.410 e. The molecule has 0 aliphatic carbocycles. The van der Waals surface area contributed by atoms with Crippen LogP contribution in [0.3, 0.4) is 0 Å². The molecule has 0 saturated carbocycles. The summed E-state index contributed by atoms with van der Waals surface area (Å²) in [5.41, 5.74) is 7.33. The monoisotopic (exact) mass is 335 g/mol. The number of allylic oxidation sites excluding steroid dienone is 3. The molecule has 0 aromatic rings. The largest absolute Gasteiger partial charge is 0.444 e. The maximum atomic E-state index is 12.5. The lowest BCUT2D eigenvalue weighted by Gasteiger charge is -2.45. The number of rotatable bonds is 4. The fourth-order valence-corrected chi connectivity index (χ4v) is 2.79. The van der Waals surface area contributed by atoms with Crippen LogP contribution in [0.2, 0.25) is 0 Å². The average molecular weight is 335 g/mol. The van der Waals surface area contributed by atoms with Crippen molar-refractivity contribution in [3.05, 3.63) is 36.2 Å². The number of hydrogen-bond donors (Lipinski definition) is 1. The van der Waals surface area contributed by atoms with E-state index in [0.717, 1.165) is 24.5 Å². The van der Waals surface area contributed by atoms with Gasteiger partial charge in [-0.3, -0.25) is 0 Å². The maximum Gasteiger partial charge on any atom is 0.410 e. The van der Waals surface area contributed by atoms with Gasteiger partial charge in [0.05, 0.1) is 17.4 Å². The van der Waals surface area contributed by atoms with Crippen LogP contribution in [0.4, 0.5) is 4.79 Å². The summed E-state index contributed by atoms with van der Waals surface area (Å²) in [6.45, 7) is 17.7. The molecule has 1 atom stereocenters. The van der Waals surface area contributed by atoms with Crippen molar-refractivity contribution in [3.63, 3.8) is 0 Å². The van der Waals surface area contributed by atoms with Gasteiger partial charge in [0.25, 0.3) is 0 Å². The van der Waals surface area contributed by atoms with Crippen molar-refractivity contribution in [3.8, 4) is 0 Å². The number of carbonyl (C=O) groups excluding carboxylic acids is 1. The van der Waals surface area contributed by atoms with Crippen molar-refractivity contribution in [2.75, 3.05) is 19.6 Å². The molecule has 0 radical (unpaired) electrons. The summed E-state index contributed by atoms with van der Waals surface area (Å²) < 4.78 is 5.57. The van der Waals surface area contributed by atoms with Crippen LogP contribution in [0.5, 0.6) is 0 Å². The van der Waals surface area contributed by atoms with E-state index in [1.165, 1.54) is 0 Å². The van der Waals surface area contributed by atoms with Crippen molar-refractivity contribution >= 4 is 6.09 Å². The third-order valence-corrected chi connectivity index (χ3v) is 4.04. The Kier molecular flexibility index (Phi) is 6.93. The minimum absolute atomic E-state index is 0.0754. The minimum Gasteiger partial charge on any atom is -0.444 e. The molecule has 0 aromatic carbocycles. The van der Waals surface area contributed by atoms with Crippen LogP contribution in [0.1, 0.15) is 41.5 Å². The van der Waals surface area contributed by atoms with Crippen LogP contribution >= 0.6 is 0 Å². The summed E-state index contributed by atoms with van der Waals surface area (Å²) >= 11 is 0. The molecule has 2 N–H and O–H groups in total. The van der Waals surface area contributed by atoms with Gasteiger partial charge in [-0.15, -0.1) is 0 Å². The molecule has 1 saturated heterocycles. The molecule has 24 heavy (non-hydrogen) atoms. The number of hydrogen-bond acceptors (Lipinski definition) is 4. The molecular formula is C19H33N3O2. The Labute approximate surface area is 146 Å². The molecule has 0 spiro atoms. The molecule has 0 unspecified atom stereocenters. The number of nitrogens with two attached hydrogens (primary N) is 1. The Balaban J connectivity index is 2.98. The minimum atomic E-state index is -0.487. The number of piperazine rings is 1. The van der Waals surface area contributed by atoms with Crippen LogP contribution < -0.4 is 5.73 Å². The summed E-state index contributed by atoms with van der Waals surface area (Å²) in [4.78, 5) is 16.6. The molecule has 0 bridgehead atoms. The van der Waals surface area contributed by atoms with Crippen LogP contribution in [-0.4, -0.2) is 47.2 Å². The summed E-state index contributed by atoms with van der Waals surface area (Å²) in [6, 6.07) is 0.0754. The first kappa shape index (κ1) is 20.1. The van der Waals surface area contributed by atoms with Crippen LogP contribution in [-0.2, 0) is 4.74 Å². The third kappa shape index (κ3) is 5.32. The summed E-state index contributed by atoms with van der Waals surface area (Å²) in [5.74, 6) is 0.317. The Hall–Kier alpha value is -1.91. The number of carbonyl (C=O) groups is 1. The molecule has 1 fully saturated rings. The zero-order valence-corrected chi connectivity index (χ0v) is 16.0. The lowest BCUT2D eigenvalue weighted by Crippen LogP contribution is -2.57. The van der Waals surface area contributed by atoms with E-state index in [4.69, 9.17) is 10.5 Å². The van der Waals surface area contributed by atoms with Gasteiger partial charge in [0.1, 0.15) is 5.60 Å². The first-order valence-corrected chi connectivity index (χ1v) is 8.60. The normalized spacial score (nSPS) is 20.4. The van der Waals surface area contributed by atoms with Crippen molar-refractivity contribution in [2.45, 2.75) is 53.2 Å². The second-order valence-electron chi connectivity index (χ2n) is 7.46. The van der Waals surface area contributed by atoms with Crippen molar-refractivity contribution in [2.24, 2.45) is 11.7 Å². The van der Waals surface area contributed by atoms with Gasteiger partial charge < -0.3 is 20.3 Å². The van der Waals surface area contributed by atoms with Gasteiger partial charge in [0.15, 0.2) is 0 Å². The van der Waals surface area contributed by atoms with E-state index < -0.39 is 5.60 Å². The highest BCUT2D eigenvalue weighted by Gasteiger charge is 2.35. The molecule has 1 aliphatic heterocycles. The molecule has 1 aliphatic rings. The van der Waals surface area contributed by atoms with Gasteiger partial charge in [0, 0.05) is 19.6 Å². The molecule has 136 valence electrons. The Bertz CT molecular complexity index is 515. The van der Waals surface area contributed by atoms with Gasteiger partial charge in [-0.1, -0.05) is 32.6 Å². The second-order valence-corrected chi connectivity index (χ2v) is 7.46. The van der Waals surface area contributed by atoms with Crippen LogP contribution in [0.25, 0.3) is 0 Å². The van der Waals surface area contributed by atoms with E-state index in [9.17, 15) is 4.79 Å². The van der Waals surface area contributed by atoms with E-state index in [-0.39, 0.29) is 12.1 Å². The SMILES string of the molecule is C=C/C=C(\C(N)=C/C)N1CCN(C(=O)OC(C)(C)C)[C@H](C(C)C)C1. The average Bonchev–Trinajstić information content (AvgIpc) is 2.49. The Morgan fingerprint density at radius 1 is 1.33 bits per heavy atom. The molecular weight excluding hydrogens is 302 g/mol. The van der Waals surface area contributed by atoms with E-state index in [0.29, 0.717) is 12.5 Å². The molecule has 5 nitrogen and oxygen atoms in total. The Morgan fingerprint density at radius 2 is 1.96 bits per heavy atom. The second kappa shape index (κ2) is 8.27. The van der Waals surface area contributed by atoms with Gasteiger partial charge >= 0.3 is 6.09 Å². The zero-order chi connectivity index (χ0) is 18.5. The Morgan fingerprint density at radius 3 is 2.42 bits per heavy atom. The molecule has 0 aromatic heterocycles. The predicted octanol–water partition coefficient (Wildman–Crippen LogP) is 3.50. The van der Waals surface area contributed by atoms with Gasteiger partial charge in [0.2, 0.25) is 0 Å². The van der Waals surface area contributed by atoms with Gasteiger partial charge in [-0.2, -0.15) is 0 Å². The quantitative estimate of drug-likeness (QED) is 0.799. The maximum absolute atomic E-state index is 12.5. The summed E-state index contributed by atoms with van der Waals surface area (Å²) in [6.07, 6.45) is 5.32. The summed E-state index contributed by atoms with van der Waals surface area (Å²) in [7, 11) is 0. The van der Waals surface area contributed by atoms with Crippen molar-refractivity contribution in [1.82, 2.24) is 9.80 Å². The van der Waals surface area contributed by atoms with Gasteiger partial charge in [-0.05, 0) is 39.7 Å². The summed E-state index contributed by atoms with van der Waals surface area (Å²) in [5, 5.41) is 0. The third-order valence-electron chi connectivity index (χ3n) is 4.04. The highest BCUT2D eigenvalue weighted by Crippen LogP contribution is 2.24. The van der Waals surface area contributed by atoms with Crippen molar-refractivity contribution in [1.29, 1.82) is 0 Å². The van der Waals surface area contributed by atoms with Gasteiger partial charge in [-0.25, -0.2) is 4.79 Å². The highest BCUT2D eigenvalue weighted by molar-refractivity contribution is 5.69. The number of amides is 1. The molecule has 1 rings (SSSR count). The first-order valence-electron chi connectivity index (χ1n) is 8.60. The number of nitrogens with zero attached hydrogens (tertiary/aromatic N) is 2. The molecule has 5 heteroatoms. The molecule has 1 amide bonds. The lowest BCUT2D eigenvalue weighted by atomic mass is 9.99. The first-order chi connectivity index (χ1) is 11.1. The fourth-order valence-electron chi connectivity index (χ4n) is 2.79. The number of ether oxygens (including phenoxy) is 1. The van der Waals surface area contributed by atoms with Crippen molar-refractivity contribution < 1.29 is 9.53 Å². The standard InChI is InChI=1S/C19H33N3O2/c1-8-10-16(15(20)9-2)21-11-12-22(17(13-21)14(3)4)18(23)24-19(5,6)7/h8-10,14,17H,1,11-13,20H2,2-7H3/b15-9+,16-10+/t17-/m0/s1. The van der Waals surface area contributed by atoms with Crippen LogP contribution in [0, 0.1) is 5.92 Å². The topological polar surface area (TPSA) is 58.8 Å². The molecule has 1 heterocycles. The van der Waals surface area contributed by atoms with E-state index in [1.807, 2.05) is 44.7 Å². The van der Waals surface area contributed by atoms with E-state index in [2.05, 4.69) is 25.3 Å². The van der Waals surface area contributed by atoms with E-state index in [1.54, 1.807) is 6.08 Å². The lowest BCUT2D eigenvalue weighted by molar-refractivity contribution is -0.00485. The zero-order valence-electron chi connectivity index (χ0n) is 16.0. The van der Waals surface area contributed by atoms with E-state index >= 15 is 0 Å².